The molecule has 0 N–H and O–H groups in total. The third-order valence-corrected chi connectivity index (χ3v) is 3.73. The van der Waals surface area contributed by atoms with E-state index >= 15 is 0 Å². The molecule has 0 aliphatic carbocycles. The lowest BCUT2D eigenvalue weighted by molar-refractivity contribution is -0.0361. The van der Waals surface area contributed by atoms with Gasteiger partial charge in [-0.1, -0.05) is 22.0 Å². The van der Waals surface area contributed by atoms with Crippen molar-refractivity contribution in [2.75, 3.05) is 18.5 Å². The van der Waals surface area contributed by atoms with E-state index in [4.69, 9.17) is 4.74 Å². The number of hydrogen-bond acceptors (Lipinski definition) is 2. The molecule has 1 saturated heterocycles. The second-order valence-electron chi connectivity index (χ2n) is 4.43. The van der Waals surface area contributed by atoms with Gasteiger partial charge in [-0.15, -0.1) is 0 Å². The predicted molar refractivity (Wildman–Crippen MR) is 70.4 cm³/mol. The molecule has 3 nitrogen and oxygen atoms in total. The maximum absolute atomic E-state index is 13.1. The van der Waals surface area contributed by atoms with Crippen molar-refractivity contribution in [3.05, 3.63) is 35.6 Å². The van der Waals surface area contributed by atoms with Crippen LogP contribution in [0.1, 0.15) is 17.3 Å². The Morgan fingerprint density at radius 1 is 1.61 bits per heavy atom. The Morgan fingerprint density at radius 2 is 2.39 bits per heavy atom. The zero-order valence-corrected chi connectivity index (χ0v) is 11.7. The summed E-state index contributed by atoms with van der Waals surface area (Å²) >= 11 is 3.35. The highest BCUT2D eigenvalue weighted by Gasteiger charge is 2.29. The van der Waals surface area contributed by atoms with Crippen LogP contribution in [0, 0.1) is 5.82 Å². The molecule has 18 heavy (non-hydrogen) atoms. The van der Waals surface area contributed by atoms with Crippen LogP contribution in [0.2, 0.25) is 0 Å². The van der Waals surface area contributed by atoms with E-state index in [0.717, 1.165) is 0 Å². The number of hydrogen-bond donors (Lipinski definition) is 0. The fraction of sp³-hybridized carbons (Fsp3) is 0.462. The van der Waals surface area contributed by atoms with Crippen LogP contribution in [-0.2, 0) is 4.74 Å². The van der Waals surface area contributed by atoms with Crippen molar-refractivity contribution in [1.29, 1.82) is 0 Å². The molecule has 0 radical (unpaired) electrons. The highest BCUT2D eigenvalue weighted by atomic mass is 79.9. The zero-order valence-electron chi connectivity index (χ0n) is 10.1. The van der Waals surface area contributed by atoms with E-state index in [0.29, 0.717) is 24.0 Å². The number of ether oxygens (including phenoxy) is 1. The van der Waals surface area contributed by atoms with Gasteiger partial charge >= 0.3 is 0 Å². The van der Waals surface area contributed by atoms with E-state index in [1.54, 1.807) is 17.0 Å². The van der Waals surface area contributed by atoms with E-state index in [1.165, 1.54) is 12.1 Å². The molecular formula is C13H15BrFNO2. The smallest absolute Gasteiger partial charge is 0.254 e. The first-order chi connectivity index (χ1) is 8.61. The Kier molecular flexibility index (Phi) is 4.35. The van der Waals surface area contributed by atoms with Gasteiger partial charge in [0.05, 0.1) is 18.8 Å². The standard InChI is InChI=1S/C13H15BrFNO2/c1-9-8-18-12(6-14)7-16(9)13(17)10-3-2-4-11(15)5-10/h2-5,9,12H,6-8H2,1H3. The predicted octanol–water partition coefficient (Wildman–Crippen LogP) is 2.45. The number of nitrogens with zero attached hydrogens (tertiary/aromatic N) is 1. The molecule has 0 saturated carbocycles. The van der Waals surface area contributed by atoms with E-state index in [9.17, 15) is 9.18 Å². The molecule has 1 heterocycles. The highest BCUT2D eigenvalue weighted by molar-refractivity contribution is 9.09. The van der Waals surface area contributed by atoms with Crippen LogP contribution in [0.3, 0.4) is 0 Å². The van der Waals surface area contributed by atoms with Crippen LogP contribution in [-0.4, -0.2) is 41.4 Å². The van der Waals surface area contributed by atoms with Gasteiger partial charge in [-0.2, -0.15) is 0 Å². The lowest BCUT2D eigenvalue weighted by atomic mass is 10.1. The van der Waals surface area contributed by atoms with Gasteiger partial charge in [0.1, 0.15) is 5.82 Å². The lowest BCUT2D eigenvalue weighted by Crippen LogP contribution is -2.51. The summed E-state index contributed by atoms with van der Waals surface area (Å²) in [4.78, 5) is 14.1. The molecule has 2 atom stereocenters. The number of amides is 1. The van der Waals surface area contributed by atoms with Crippen LogP contribution in [0.4, 0.5) is 4.39 Å². The van der Waals surface area contributed by atoms with Crippen molar-refractivity contribution < 1.29 is 13.9 Å². The fourth-order valence-electron chi connectivity index (χ4n) is 1.98. The zero-order chi connectivity index (χ0) is 13.1. The second kappa shape index (κ2) is 5.80. The molecule has 1 fully saturated rings. The minimum absolute atomic E-state index is 0.00120. The quantitative estimate of drug-likeness (QED) is 0.785. The minimum Gasteiger partial charge on any atom is -0.373 e. The minimum atomic E-state index is -0.390. The van der Waals surface area contributed by atoms with Crippen LogP contribution in [0.25, 0.3) is 0 Å². The highest BCUT2D eigenvalue weighted by Crippen LogP contribution is 2.17. The normalized spacial score (nSPS) is 24.1. The number of benzene rings is 1. The fourth-order valence-corrected chi connectivity index (χ4v) is 2.37. The summed E-state index contributed by atoms with van der Waals surface area (Å²) in [6, 6.07) is 5.80. The average molecular weight is 316 g/mol. The van der Waals surface area contributed by atoms with Crippen LogP contribution >= 0.6 is 15.9 Å². The summed E-state index contributed by atoms with van der Waals surface area (Å²) in [5.74, 6) is -0.532. The summed E-state index contributed by atoms with van der Waals surface area (Å²) in [6.07, 6.45) is -0.00120. The third-order valence-electron chi connectivity index (χ3n) is 3.01. The van der Waals surface area contributed by atoms with Gasteiger partial charge < -0.3 is 9.64 Å². The molecule has 2 unspecified atom stereocenters. The number of rotatable bonds is 2. The Morgan fingerprint density at radius 3 is 3.06 bits per heavy atom. The van der Waals surface area contributed by atoms with Gasteiger partial charge in [-0.3, -0.25) is 4.79 Å². The second-order valence-corrected chi connectivity index (χ2v) is 5.07. The average Bonchev–Trinajstić information content (AvgIpc) is 2.38. The van der Waals surface area contributed by atoms with Crippen LogP contribution < -0.4 is 0 Å². The van der Waals surface area contributed by atoms with Crippen molar-refractivity contribution in [3.8, 4) is 0 Å². The molecule has 1 aliphatic heterocycles. The van der Waals surface area contributed by atoms with Crippen molar-refractivity contribution in [2.45, 2.75) is 19.1 Å². The van der Waals surface area contributed by atoms with Crippen molar-refractivity contribution in [1.82, 2.24) is 4.90 Å². The van der Waals surface area contributed by atoms with Gasteiger partial charge in [0.25, 0.3) is 5.91 Å². The maximum atomic E-state index is 13.1. The first kappa shape index (κ1) is 13.5. The topological polar surface area (TPSA) is 29.5 Å². The molecule has 0 spiro atoms. The third kappa shape index (κ3) is 2.90. The first-order valence-electron chi connectivity index (χ1n) is 5.86. The number of halogens is 2. The monoisotopic (exact) mass is 315 g/mol. The van der Waals surface area contributed by atoms with Crippen molar-refractivity contribution >= 4 is 21.8 Å². The molecule has 98 valence electrons. The molecule has 1 aliphatic rings. The Labute approximate surface area is 114 Å². The molecule has 5 heteroatoms. The molecule has 0 aromatic heterocycles. The lowest BCUT2D eigenvalue weighted by Gasteiger charge is -2.37. The van der Waals surface area contributed by atoms with Crippen LogP contribution in [0.5, 0.6) is 0 Å². The van der Waals surface area contributed by atoms with Crippen molar-refractivity contribution in [2.24, 2.45) is 0 Å². The molecular weight excluding hydrogens is 301 g/mol. The van der Waals surface area contributed by atoms with Crippen LogP contribution in [0.15, 0.2) is 24.3 Å². The van der Waals surface area contributed by atoms with Gasteiger partial charge in [0.15, 0.2) is 0 Å². The number of alkyl halides is 1. The Balaban J connectivity index is 2.16. The van der Waals surface area contributed by atoms with Gasteiger partial charge in [0, 0.05) is 17.4 Å². The number of carbonyl (C=O) groups is 1. The van der Waals surface area contributed by atoms with E-state index in [1.807, 2.05) is 6.92 Å². The maximum Gasteiger partial charge on any atom is 0.254 e. The van der Waals surface area contributed by atoms with E-state index in [-0.39, 0.29) is 23.9 Å². The summed E-state index contributed by atoms with van der Waals surface area (Å²) in [5.41, 5.74) is 0.386. The Bertz CT molecular complexity index is 441. The Hall–Kier alpha value is -0.940. The molecule has 1 aromatic carbocycles. The summed E-state index contributed by atoms with van der Waals surface area (Å²) in [7, 11) is 0. The van der Waals surface area contributed by atoms with Gasteiger partial charge in [0.2, 0.25) is 0 Å². The molecule has 1 aromatic rings. The van der Waals surface area contributed by atoms with Gasteiger partial charge in [-0.05, 0) is 25.1 Å². The number of morpholine rings is 1. The largest absolute Gasteiger partial charge is 0.373 e. The van der Waals surface area contributed by atoms with E-state index < -0.39 is 0 Å². The van der Waals surface area contributed by atoms with Gasteiger partial charge in [-0.25, -0.2) is 4.39 Å². The van der Waals surface area contributed by atoms with E-state index in [2.05, 4.69) is 15.9 Å². The summed E-state index contributed by atoms with van der Waals surface area (Å²) in [6.45, 7) is 2.97. The molecule has 1 amide bonds. The first-order valence-corrected chi connectivity index (χ1v) is 6.98. The molecule has 0 bridgehead atoms. The van der Waals surface area contributed by atoms with Crippen molar-refractivity contribution in [3.63, 3.8) is 0 Å². The summed E-state index contributed by atoms with van der Waals surface area (Å²) < 4.78 is 18.7. The molecule has 2 rings (SSSR count). The number of carbonyl (C=O) groups excluding carboxylic acids is 1. The summed E-state index contributed by atoms with van der Waals surface area (Å²) in [5, 5.41) is 0.687. The SMILES string of the molecule is CC1COC(CBr)CN1C(=O)c1cccc(F)c1.